The Balaban J connectivity index is 1.55. The standard InChI is InChI=1S/C30H36F5N7O5S/c1-16(2)42-25-22(15-37-27(40-25)36-14-17-6-8-18(9-7-17)38-28(44)47-29(3,4)5)39-24(26(42)43)23-20(31)12-19(13-21(23)32)41-48(45,46)11-10-30(33,34)35/h12-18,41H,6-11H2,1-5H3,(H,38,44). The summed E-state index contributed by atoms with van der Waals surface area (Å²) in [6.45, 7) is 8.65. The first-order chi connectivity index (χ1) is 22.2. The normalized spacial score (nSPS) is 17.6. The van der Waals surface area contributed by atoms with E-state index in [4.69, 9.17) is 4.74 Å². The van der Waals surface area contributed by atoms with Gasteiger partial charge in [0.15, 0.2) is 5.65 Å². The van der Waals surface area contributed by atoms with Gasteiger partial charge in [-0.05, 0) is 78.4 Å². The number of benzene rings is 1. The van der Waals surface area contributed by atoms with Crippen LogP contribution in [-0.4, -0.2) is 63.8 Å². The van der Waals surface area contributed by atoms with Crippen LogP contribution in [0.1, 0.15) is 72.8 Å². The van der Waals surface area contributed by atoms with E-state index in [1.165, 1.54) is 10.8 Å². The van der Waals surface area contributed by atoms with E-state index in [0.29, 0.717) is 25.0 Å². The van der Waals surface area contributed by atoms with Crippen molar-refractivity contribution in [3.05, 3.63) is 40.3 Å². The molecular weight excluding hydrogens is 665 g/mol. The van der Waals surface area contributed by atoms with Crippen LogP contribution in [0.2, 0.25) is 0 Å². The third-order valence-corrected chi connectivity index (χ3v) is 8.52. The van der Waals surface area contributed by atoms with Gasteiger partial charge in [0, 0.05) is 18.3 Å². The van der Waals surface area contributed by atoms with Crippen molar-refractivity contribution in [2.75, 3.05) is 10.5 Å². The molecule has 0 bridgehead atoms. The fourth-order valence-electron chi connectivity index (χ4n) is 5.09. The quantitative estimate of drug-likeness (QED) is 0.198. The Hall–Kier alpha value is -4.22. The Bertz CT molecular complexity index is 1840. The van der Waals surface area contributed by atoms with Crippen molar-refractivity contribution >= 4 is 45.1 Å². The highest BCUT2D eigenvalue weighted by Gasteiger charge is 2.31. The summed E-state index contributed by atoms with van der Waals surface area (Å²) < 4.78 is 100. The van der Waals surface area contributed by atoms with Crippen molar-refractivity contribution in [3.63, 3.8) is 0 Å². The molecule has 1 saturated carbocycles. The zero-order valence-corrected chi connectivity index (χ0v) is 27.7. The van der Waals surface area contributed by atoms with E-state index in [1.54, 1.807) is 45.6 Å². The van der Waals surface area contributed by atoms with Gasteiger partial charge < -0.3 is 10.1 Å². The fraction of sp³-hybridized carbons (Fsp3) is 0.533. The number of ether oxygens (including phenoxy) is 1. The number of carbonyl (C=O) groups excluding carboxylic acids is 1. The first-order valence-corrected chi connectivity index (χ1v) is 16.8. The molecule has 2 heterocycles. The molecule has 0 radical (unpaired) electrons. The van der Waals surface area contributed by atoms with E-state index in [0.717, 1.165) is 12.8 Å². The van der Waals surface area contributed by atoms with E-state index >= 15 is 8.78 Å². The van der Waals surface area contributed by atoms with Crippen molar-refractivity contribution in [2.45, 2.75) is 90.6 Å². The Kier molecular flexibility index (Phi) is 10.8. The predicted molar refractivity (Wildman–Crippen MR) is 169 cm³/mol. The number of aromatic nitrogens is 4. The minimum Gasteiger partial charge on any atom is -0.444 e. The summed E-state index contributed by atoms with van der Waals surface area (Å²) in [4.78, 5) is 42.6. The molecule has 0 saturated heterocycles. The van der Waals surface area contributed by atoms with E-state index in [1.807, 2.05) is 0 Å². The molecule has 0 unspecified atom stereocenters. The number of sulfonamides is 1. The van der Waals surface area contributed by atoms with Gasteiger partial charge in [-0.3, -0.25) is 14.1 Å². The van der Waals surface area contributed by atoms with E-state index in [-0.39, 0.29) is 29.1 Å². The highest BCUT2D eigenvalue weighted by molar-refractivity contribution is 7.92. The third-order valence-electron chi connectivity index (χ3n) is 7.24. The maximum atomic E-state index is 15.2. The van der Waals surface area contributed by atoms with Gasteiger partial charge in [0.1, 0.15) is 28.4 Å². The van der Waals surface area contributed by atoms with Crippen LogP contribution in [0.5, 0.6) is 0 Å². The number of hydrogen-bond donors (Lipinski definition) is 2. The number of nitrogens with one attached hydrogen (secondary N) is 2. The largest absolute Gasteiger partial charge is 0.444 e. The summed E-state index contributed by atoms with van der Waals surface area (Å²) in [5.74, 6) is -3.99. The smallest absolute Gasteiger partial charge is 0.407 e. The van der Waals surface area contributed by atoms with Gasteiger partial charge in [-0.1, -0.05) is 0 Å². The second kappa shape index (κ2) is 14.1. The van der Waals surface area contributed by atoms with Crippen molar-refractivity contribution in [1.29, 1.82) is 0 Å². The molecule has 18 heteroatoms. The number of hydrogen-bond acceptors (Lipinski definition) is 9. The molecule has 0 spiro atoms. The SMILES string of the molecule is CC(C)n1c(=O)c(-c2c(F)cc(NS(=O)(=O)CCC(F)(F)F)cc2F)nc2cnc(N=CC3CCC(NC(=O)OC(C)(C)C)CC3)nc21. The Morgan fingerprint density at radius 3 is 2.29 bits per heavy atom. The topological polar surface area (TPSA) is 158 Å². The second-order valence-corrected chi connectivity index (χ2v) is 14.6. The Morgan fingerprint density at radius 1 is 1.10 bits per heavy atom. The molecule has 0 atom stereocenters. The lowest BCUT2D eigenvalue weighted by atomic mass is 9.87. The Labute approximate surface area is 273 Å². The average Bonchev–Trinajstić information content (AvgIpc) is 2.94. The zero-order chi connectivity index (χ0) is 35.6. The number of fused-ring (bicyclic) bond motifs is 1. The molecule has 1 aliphatic rings. The van der Waals surface area contributed by atoms with Gasteiger partial charge in [0.05, 0.1) is 29.6 Å². The van der Waals surface area contributed by atoms with E-state index in [9.17, 15) is 31.2 Å². The number of amides is 1. The molecule has 4 rings (SSSR count). The summed E-state index contributed by atoms with van der Waals surface area (Å²) in [6, 6.07) is 0.501. The molecule has 1 amide bonds. The minimum absolute atomic E-state index is 0.0155. The lowest BCUT2D eigenvalue weighted by Crippen LogP contribution is -2.41. The summed E-state index contributed by atoms with van der Waals surface area (Å²) >= 11 is 0. The van der Waals surface area contributed by atoms with Gasteiger partial charge >= 0.3 is 12.3 Å². The van der Waals surface area contributed by atoms with E-state index < -0.39 is 80.2 Å². The van der Waals surface area contributed by atoms with Crippen LogP contribution in [-0.2, 0) is 14.8 Å². The third kappa shape index (κ3) is 9.67. The lowest BCUT2D eigenvalue weighted by molar-refractivity contribution is -0.129. The van der Waals surface area contributed by atoms with Gasteiger partial charge in [0.25, 0.3) is 11.5 Å². The van der Waals surface area contributed by atoms with Crippen LogP contribution in [0.4, 0.5) is 38.4 Å². The van der Waals surface area contributed by atoms with Crippen molar-refractivity contribution < 1.29 is 39.9 Å². The Morgan fingerprint density at radius 2 is 1.73 bits per heavy atom. The molecule has 12 nitrogen and oxygen atoms in total. The minimum atomic E-state index is -4.76. The molecule has 3 aromatic rings. The summed E-state index contributed by atoms with van der Waals surface area (Å²) in [7, 11) is -4.60. The molecule has 2 N–H and O–H groups in total. The summed E-state index contributed by atoms with van der Waals surface area (Å²) in [5.41, 5.74) is -3.61. The highest BCUT2D eigenvalue weighted by Crippen LogP contribution is 2.29. The van der Waals surface area contributed by atoms with Crippen LogP contribution in [0.25, 0.3) is 22.4 Å². The lowest BCUT2D eigenvalue weighted by Gasteiger charge is -2.28. The van der Waals surface area contributed by atoms with Crippen molar-refractivity contribution in [3.8, 4) is 11.3 Å². The van der Waals surface area contributed by atoms with Gasteiger partial charge in [-0.2, -0.15) is 18.2 Å². The van der Waals surface area contributed by atoms with Gasteiger partial charge in [-0.15, -0.1) is 0 Å². The first-order valence-electron chi connectivity index (χ1n) is 15.1. The van der Waals surface area contributed by atoms with Crippen LogP contribution < -0.4 is 15.6 Å². The number of rotatable bonds is 9. The zero-order valence-electron chi connectivity index (χ0n) is 26.9. The summed E-state index contributed by atoms with van der Waals surface area (Å²) in [5, 5.41) is 2.88. The first kappa shape index (κ1) is 36.6. The van der Waals surface area contributed by atoms with Gasteiger partial charge in [-0.25, -0.2) is 37.0 Å². The molecule has 262 valence electrons. The predicted octanol–water partition coefficient (Wildman–Crippen LogP) is 6.19. The van der Waals surface area contributed by atoms with Crippen LogP contribution >= 0.6 is 0 Å². The fourth-order valence-corrected chi connectivity index (χ4v) is 6.17. The van der Waals surface area contributed by atoms with Crippen molar-refractivity contribution in [1.82, 2.24) is 24.8 Å². The molecule has 1 fully saturated rings. The molecule has 2 aromatic heterocycles. The number of anilines is 1. The molecule has 48 heavy (non-hydrogen) atoms. The monoisotopic (exact) mass is 701 g/mol. The number of carbonyl (C=O) groups is 1. The maximum Gasteiger partial charge on any atom is 0.407 e. The number of aliphatic imine (C=N–C) groups is 1. The molecular formula is C30H36F5N7O5S. The van der Waals surface area contributed by atoms with E-state index in [2.05, 4.69) is 25.3 Å². The second-order valence-electron chi connectivity index (χ2n) is 12.7. The number of alkyl halides is 3. The number of alkyl carbamates (subject to hydrolysis) is 1. The average molecular weight is 702 g/mol. The van der Waals surface area contributed by atoms with Crippen molar-refractivity contribution in [2.24, 2.45) is 10.9 Å². The van der Waals surface area contributed by atoms with Crippen LogP contribution in [0, 0.1) is 17.6 Å². The molecule has 1 aliphatic carbocycles. The number of halogens is 5. The molecule has 1 aromatic carbocycles. The summed E-state index contributed by atoms with van der Waals surface area (Å²) in [6.07, 6.45) is -1.03. The van der Waals surface area contributed by atoms with Crippen LogP contribution in [0.3, 0.4) is 0 Å². The van der Waals surface area contributed by atoms with Crippen LogP contribution in [0.15, 0.2) is 28.1 Å². The number of nitrogens with zero attached hydrogens (tertiary/aromatic N) is 5. The highest BCUT2D eigenvalue weighted by atomic mass is 32.2. The molecule has 0 aliphatic heterocycles. The maximum absolute atomic E-state index is 15.2. The van der Waals surface area contributed by atoms with Gasteiger partial charge in [0.2, 0.25) is 10.0 Å².